The van der Waals surface area contributed by atoms with Crippen molar-refractivity contribution < 1.29 is 4.79 Å². The summed E-state index contributed by atoms with van der Waals surface area (Å²) in [5.41, 5.74) is 2.71. The fourth-order valence-corrected chi connectivity index (χ4v) is 4.52. The highest BCUT2D eigenvalue weighted by Crippen LogP contribution is 2.34. The highest BCUT2D eigenvalue weighted by atomic mass is 32.2. The molecule has 0 saturated heterocycles. The molecule has 1 amide bonds. The summed E-state index contributed by atoms with van der Waals surface area (Å²) in [6.07, 6.45) is 0.789. The summed E-state index contributed by atoms with van der Waals surface area (Å²) in [5, 5.41) is 3.52. The van der Waals surface area contributed by atoms with E-state index in [2.05, 4.69) is 12.2 Å². The third-order valence-corrected chi connectivity index (χ3v) is 5.94. The van der Waals surface area contributed by atoms with Crippen LogP contribution in [0.1, 0.15) is 18.2 Å². The minimum atomic E-state index is -0.0899. The zero-order chi connectivity index (χ0) is 17.3. The van der Waals surface area contributed by atoms with Gasteiger partial charge in [0.2, 0.25) is 5.91 Å². The molecule has 7 heteroatoms. The first-order valence-corrected chi connectivity index (χ1v) is 9.59. The lowest BCUT2D eigenvalue weighted by Crippen LogP contribution is -2.25. The van der Waals surface area contributed by atoms with Crippen LogP contribution in [0, 0.1) is 6.92 Å². The monoisotopic (exact) mass is 361 g/mol. The molecule has 2 aromatic rings. The number of carbonyl (C=O) groups is 1. The van der Waals surface area contributed by atoms with E-state index in [1.54, 1.807) is 23.4 Å². The first-order valence-electron chi connectivity index (χ1n) is 7.72. The first-order chi connectivity index (χ1) is 11.5. The molecule has 1 atom stereocenters. The minimum Gasteiger partial charge on any atom is -0.358 e. The lowest BCUT2D eigenvalue weighted by Gasteiger charge is -2.13. The smallest absolute Gasteiger partial charge is 0.272 e. The molecular weight excluding hydrogens is 342 g/mol. The Kier molecular flexibility index (Phi) is 5.01. The van der Waals surface area contributed by atoms with Gasteiger partial charge in [0.1, 0.15) is 0 Å². The second kappa shape index (κ2) is 7.03. The van der Waals surface area contributed by atoms with Gasteiger partial charge in [-0.05, 0) is 19.1 Å². The third-order valence-electron chi connectivity index (χ3n) is 3.78. The highest BCUT2D eigenvalue weighted by molar-refractivity contribution is 8.00. The van der Waals surface area contributed by atoms with E-state index in [4.69, 9.17) is 4.98 Å². The largest absolute Gasteiger partial charge is 0.358 e. The van der Waals surface area contributed by atoms with Gasteiger partial charge in [0, 0.05) is 18.7 Å². The molecule has 1 unspecified atom stereocenters. The topological polar surface area (TPSA) is 64.0 Å². The van der Waals surface area contributed by atoms with Gasteiger partial charge in [-0.25, -0.2) is 4.98 Å². The van der Waals surface area contributed by atoms with Crippen molar-refractivity contribution in [3.05, 3.63) is 45.9 Å². The lowest BCUT2D eigenvalue weighted by atomic mass is 10.2. The fraction of sp³-hybridized carbons (Fsp3) is 0.353. The van der Waals surface area contributed by atoms with E-state index >= 15 is 0 Å². The average molecular weight is 361 g/mol. The SMILES string of the molecule is CNC(=O)CSc1nc2c(c(=O)n1-c1ccc(C)cc1)SC(C)C2. The molecule has 1 aliphatic heterocycles. The molecule has 3 rings (SSSR count). The Morgan fingerprint density at radius 3 is 2.79 bits per heavy atom. The number of thioether (sulfide) groups is 2. The molecule has 0 spiro atoms. The van der Waals surface area contributed by atoms with Crippen molar-refractivity contribution in [1.82, 2.24) is 14.9 Å². The van der Waals surface area contributed by atoms with Crippen LogP contribution in [0.4, 0.5) is 0 Å². The lowest BCUT2D eigenvalue weighted by molar-refractivity contribution is -0.118. The van der Waals surface area contributed by atoms with Gasteiger partial charge in [0.15, 0.2) is 5.16 Å². The number of hydrogen-bond donors (Lipinski definition) is 1. The summed E-state index contributed by atoms with van der Waals surface area (Å²) >= 11 is 2.87. The molecular formula is C17H19N3O2S2. The van der Waals surface area contributed by atoms with Crippen molar-refractivity contribution in [3.63, 3.8) is 0 Å². The second-order valence-corrected chi connectivity index (χ2v) is 8.13. The number of benzene rings is 1. The van der Waals surface area contributed by atoms with Crippen molar-refractivity contribution in [2.45, 2.75) is 35.6 Å². The molecule has 5 nitrogen and oxygen atoms in total. The van der Waals surface area contributed by atoms with Crippen LogP contribution in [0.15, 0.2) is 39.1 Å². The number of carbonyl (C=O) groups excluding carboxylic acids is 1. The molecule has 0 fully saturated rings. The van der Waals surface area contributed by atoms with Crippen LogP contribution >= 0.6 is 23.5 Å². The number of amides is 1. The van der Waals surface area contributed by atoms with E-state index in [-0.39, 0.29) is 17.2 Å². The number of fused-ring (bicyclic) bond motifs is 1. The van der Waals surface area contributed by atoms with Gasteiger partial charge in [0.05, 0.1) is 22.0 Å². The van der Waals surface area contributed by atoms with E-state index in [0.717, 1.165) is 28.3 Å². The molecule has 126 valence electrons. The molecule has 2 heterocycles. The number of nitrogens with zero attached hydrogens (tertiary/aromatic N) is 2. The summed E-state index contributed by atoms with van der Waals surface area (Å²) in [4.78, 5) is 30.0. The third kappa shape index (κ3) is 3.37. The van der Waals surface area contributed by atoms with Crippen molar-refractivity contribution in [2.24, 2.45) is 0 Å². The Bertz CT molecular complexity index is 831. The standard InChI is InChI=1S/C17H19N3O2S2/c1-10-4-6-12(7-5-10)20-16(22)15-13(8-11(2)24-15)19-17(20)23-9-14(21)18-3/h4-7,11H,8-9H2,1-3H3,(H,18,21). The number of nitrogens with one attached hydrogen (secondary N) is 1. The number of hydrogen-bond acceptors (Lipinski definition) is 5. The van der Waals surface area contributed by atoms with E-state index in [9.17, 15) is 9.59 Å². The van der Waals surface area contributed by atoms with Crippen LogP contribution in [0.3, 0.4) is 0 Å². The Hall–Kier alpha value is -1.73. The normalized spacial score (nSPS) is 16.0. The Morgan fingerprint density at radius 1 is 1.42 bits per heavy atom. The van der Waals surface area contributed by atoms with E-state index in [1.165, 1.54) is 11.8 Å². The number of aryl methyl sites for hydroxylation is 1. The fourth-order valence-electron chi connectivity index (χ4n) is 2.52. The summed E-state index contributed by atoms with van der Waals surface area (Å²) in [7, 11) is 1.60. The predicted octanol–water partition coefficient (Wildman–Crippen LogP) is 2.42. The van der Waals surface area contributed by atoms with Crippen LogP contribution in [0.25, 0.3) is 5.69 Å². The molecule has 1 aliphatic rings. The number of aromatic nitrogens is 2. The van der Waals surface area contributed by atoms with Crippen molar-refractivity contribution in [3.8, 4) is 5.69 Å². The van der Waals surface area contributed by atoms with Crippen LogP contribution < -0.4 is 10.9 Å². The average Bonchev–Trinajstić information content (AvgIpc) is 2.94. The maximum Gasteiger partial charge on any atom is 0.272 e. The molecule has 0 aliphatic carbocycles. The summed E-state index contributed by atoms with van der Waals surface area (Å²) in [6.45, 7) is 4.10. The van der Waals surface area contributed by atoms with Crippen molar-refractivity contribution >= 4 is 29.4 Å². The van der Waals surface area contributed by atoms with Crippen molar-refractivity contribution in [1.29, 1.82) is 0 Å². The molecule has 24 heavy (non-hydrogen) atoms. The van der Waals surface area contributed by atoms with Gasteiger partial charge in [-0.2, -0.15) is 0 Å². The zero-order valence-electron chi connectivity index (χ0n) is 13.8. The molecule has 0 radical (unpaired) electrons. The Morgan fingerprint density at radius 2 is 2.12 bits per heavy atom. The first kappa shape index (κ1) is 17.1. The summed E-state index contributed by atoms with van der Waals surface area (Å²) in [5.74, 6) is 0.143. The van der Waals surface area contributed by atoms with E-state index in [0.29, 0.717) is 10.4 Å². The van der Waals surface area contributed by atoms with Crippen LogP contribution in [0.5, 0.6) is 0 Å². The molecule has 1 aromatic heterocycles. The van der Waals surface area contributed by atoms with Crippen LogP contribution in [-0.2, 0) is 11.2 Å². The Labute approximate surface area is 149 Å². The van der Waals surface area contributed by atoms with Gasteiger partial charge in [0.25, 0.3) is 5.56 Å². The maximum absolute atomic E-state index is 13.0. The Balaban J connectivity index is 2.10. The van der Waals surface area contributed by atoms with Gasteiger partial charge in [-0.3, -0.25) is 14.2 Å². The van der Waals surface area contributed by atoms with E-state index in [1.807, 2.05) is 31.2 Å². The van der Waals surface area contributed by atoms with Gasteiger partial charge >= 0.3 is 0 Å². The van der Waals surface area contributed by atoms with E-state index < -0.39 is 0 Å². The van der Waals surface area contributed by atoms with Crippen molar-refractivity contribution in [2.75, 3.05) is 12.8 Å². The van der Waals surface area contributed by atoms with Gasteiger partial charge < -0.3 is 5.32 Å². The maximum atomic E-state index is 13.0. The zero-order valence-corrected chi connectivity index (χ0v) is 15.5. The highest BCUT2D eigenvalue weighted by Gasteiger charge is 2.27. The van der Waals surface area contributed by atoms with Gasteiger partial charge in [-0.1, -0.05) is 36.4 Å². The molecule has 0 saturated carbocycles. The molecule has 1 N–H and O–H groups in total. The minimum absolute atomic E-state index is 0.0439. The quantitative estimate of drug-likeness (QED) is 0.669. The van der Waals surface area contributed by atoms with Gasteiger partial charge in [-0.15, -0.1) is 11.8 Å². The van der Waals surface area contributed by atoms with Crippen LogP contribution in [-0.4, -0.2) is 33.5 Å². The summed E-state index contributed by atoms with van der Waals surface area (Å²) < 4.78 is 1.62. The molecule has 0 bridgehead atoms. The second-order valence-electron chi connectivity index (χ2n) is 5.74. The molecule has 1 aromatic carbocycles. The number of rotatable bonds is 4. The van der Waals surface area contributed by atoms with Crippen LogP contribution in [0.2, 0.25) is 0 Å². The summed E-state index contributed by atoms with van der Waals surface area (Å²) in [6, 6.07) is 7.77. The predicted molar refractivity (Wildman–Crippen MR) is 98.4 cm³/mol.